The number of rotatable bonds is 1. The normalized spacial score (nSPS) is 25.8. The molecular formula is C11H22O. The fraction of sp³-hybridized carbons (Fsp3) is 1.00. The molecule has 0 amide bonds. The van der Waals surface area contributed by atoms with Crippen molar-refractivity contribution in [2.75, 3.05) is 0 Å². The first-order valence-electron chi connectivity index (χ1n) is 5.08. The van der Waals surface area contributed by atoms with Crippen LogP contribution in [0.1, 0.15) is 53.4 Å². The highest BCUT2D eigenvalue weighted by molar-refractivity contribution is 4.97. The summed E-state index contributed by atoms with van der Waals surface area (Å²) in [6.07, 6.45) is 4.84. The van der Waals surface area contributed by atoms with Crippen LogP contribution in [0.2, 0.25) is 0 Å². The van der Waals surface area contributed by atoms with E-state index in [-0.39, 0.29) is 16.9 Å². The Morgan fingerprint density at radius 2 is 1.58 bits per heavy atom. The molecule has 0 bridgehead atoms. The summed E-state index contributed by atoms with van der Waals surface area (Å²) >= 11 is 0. The van der Waals surface area contributed by atoms with Crippen LogP contribution in [0.15, 0.2) is 0 Å². The van der Waals surface area contributed by atoms with Crippen molar-refractivity contribution >= 4 is 0 Å². The fourth-order valence-corrected chi connectivity index (χ4v) is 2.80. The first kappa shape index (κ1) is 10.0. The smallest absolute Gasteiger partial charge is 0.0573 e. The molecule has 1 atom stereocenters. The summed E-state index contributed by atoms with van der Waals surface area (Å²) in [4.78, 5) is 0. The number of hydrogen-bond acceptors (Lipinski definition) is 1. The molecule has 1 fully saturated rings. The lowest BCUT2D eigenvalue weighted by molar-refractivity contribution is -0.0397. The number of hydrogen-bond donors (Lipinski definition) is 1. The van der Waals surface area contributed by atoms with E-state index in [2.05, 4.69) is 20.8 Å². The van der Waals surface area contributed by atoms with Crippen LogP contribution < -0.4 is 0 Å². The minimum absolute atomic E-state index is 0.153. The van der Waals surface area contributed by atoms with Gasteiger partial charge in [0.15, 0.2) is 0 Å². The molecule has 1 aliphatic rings. The molecule has 1 nitrogen and oxygen atoms in total. The molecule has 1 unspecified atom stereocenters. The Labute approximate surface area is 76.2 Å². The van der Waals surface area contributed by atoms with Gasteiger partial charge >= 0.3 is 0 Å². The van der Waals surface area contributed by atoms with Crippen LogP contribution in [-0.4, -0.2) is 11.2 Å². The minimum Gasteiger partial charge on any atom is -0.393 e. The van der Waals surface area contributed by atoms with Gasteiger partial charge in [-0.25, -0.2) is 0 Å². The molecule has 0 aromatic heterocycles. The van der Waals surface area contributed by atoms with E-state index >= 15 is 0 Å². The summed E-state index contributed by atoms with van der Waals surface area (Å²) in [6, 6.07) is 0. The maximum Gasteiger partial charge on any atom is 0.0573 e. The number of aliphatic hydroxyl groups excluding tert-OH is 1. The zero-order valence-corrected chi connectivity index (χ0v) is 8.85. The summed E-state index contributed by atoms with van der Waals surface area (Å²) in [5, 5.41) is 9.84. The maximum absolute atomic E-state index is 9.84. The molecule has 72 valence electrons. The SMILES string of the molecule is CC(O)C1(C(C)(C)C)CCCC1. The van der Waals surface area contributed by atoms with Gasteiger partial charge in [0.2, 0.25) is 0 Å². The first-order valence-corrected chi connectivity index (χ1v) is 5.08. The van der Waals surface area contributed by atoms with Crippen LogP contribution in [0.3, 0.4) is 0 Å². The lowest BCUT2D eigenvalue weighted by Crippen LogP contribution is -2.42. The van der Waals surface area contributed by atoms with E-state index in [1.54, 1.807) is 0 Å². The van der Waals surface area contributed by atoms with Crippen LogP contribution in [0.4, 0.5) is 0 Å². The second-order valence-electron chi connectivity index (χ2n) is 5.29. The number of aliphatic hydroxyl groups is 1. The Balaban J connectivity index is 2.87. The first-order chi connectivity index (χ1) is 5.40. The second-order valence-corrected chi connectivity index (χ2v) is 5.29. The van der Waals surface area contributed by atoms with Gasteiger partial charge in [0.1, 0.15) is 0 Å². The average Bonchev–Trinajstić information content (AvgIpc) is 2.31. The van der Waals surface area contributed by atoms with Gasteiger partial charge in [-0.3, -0.25) is 0 Å². The van der Waals surface area contributed by atoms with E-state index in [9.17, 15) is 5.11 Å². The van der Waals surface area contributed by atoms with Gasteiger partial charge in [-0.2, -0.15) is 0 Å². The largest absolute Gasteiger partial charge is 0.393 e. The maximum atomic E-state index is 9.84. The average molecular weight is 170 g/mol. The molecule has 0 heterocycles. The second kappa shape index (κ2) is 3.02. The Morgan fingerprint density at radius 1 is 1.17 bits per heavy atom. The van der Waals surface area contributed by atoms with Crippen molar-refractivity contribution in [3.05, 3.63) is 0 Å². The van der Waals surface area contributed by atoms with Gasteiger partial charge in [-0.05, 0) is 25.2 Å². The van der Waals surface area contributed by atoms with Gasteiger partial charge in [0.25, 0.3) is 0 Å². The molecule has 1 aliphatic carbocycles. The molecule has 1 rings (SSSR count). The molecule has 1 N–H and O–H groups in total. The standard InChI is InChI=1S/C11H22O/c1-9(12)11(10(2,3)4)7-5-6-8-11/h9,12H,5-8H2,1-4H3. The van der Waals surface area contributed by atoms with Crippen molar-refractivity contribution in [3.8, 4) is 0 Å². The predicted molar refractivity (Wildman–Crippen MR) is 52.0 cm³/mol. The van der Waals surface area contributed by atoms with E-state index in [0.717, 1.165) is 0 Å². The van der Waals surface area contributed by atoms with Crippen molar-refractivity contribution in [1.29, 1.82) is 0 Å². The van der Waals surface area contributed by atoms with Gasteiger partial charge in [-0.1, -0.05) is 33.6 Å². The third-order valence-corrected chi connectivity index (χ3v) is 3.79. The van der Waals surface area contributed by atoms with Gasteiger partial charge in [0.05, 0.1) is 6.10 Å². The zero-order chi connectivity index (χ0) is 9.41. The van der Waals surface area contributed by atoms with E-state index < -0.39 is 0 Å². The molecule has 0 spiro atoms. The molecule has 1 saturated carbocycles. The van der Waals surface area contributed by atoms with Crippen molar-refractivity contribution in [2.24, 2.45) is 10.8 Å². The Kier molecular flexibility index (Phi) is 2.53. The van der Waals surface area contributed by atoms with Crippen LogP contribution in [0.25, 0.3) is 0 Å². The van der Waals surface area contributed by atoms with Crippen molar-refractivity contribution < 1.29 is 5.11 Å². The van der Waals surface area contributed by atoms with Crippen LogP contribution >= 0.6 is 0 Å². The molecule has 0 radical (unpaired) electrons. The van der Waals surface area contributed by atoms with E-state index in [0.29, 0.717) is 0 Å². The van der Waals surface area contributed by atoms with Gasteiger partial charge in [0, 0.05) is 5.41 Å². The highest BCUT2D eigenvalue weighted by Gasteiger charge is 2.47. The molecule has 0 aromatic rings. The lowest BCUT2D eigenvalue weighted by Gasteiger charge is -2.44. The predicted octanol–water partition coefficient (Wildman–Crippen LogP) is 2.97. The van der Waals surface area contributed by atoms with E-state index in [1.807, 2.05) is 6.92 Å². The lowest BCUT2D eigenvalue weighted by atomic mass is 9.62. The summed E-state index contributed by atoms with van der Waals surface area (Å²) in [5.41, 5.74) is 0.435. The Hall–Kier alpha value is -0.0400. The third-order valence-electron chi connectivity index (χ3n) is 3.79. The molecular weight excluding hydrogens is 148 g/mol. The van der Waals surface area contributed by atoms with Crippen molar-refractivity contribution in [2.45, 2.75) is 59.5 Å². The van der Waals surface area contributed by atoms with Crippen molar-refractivity contribution in [3.63, 3.8) is 0 Å². The minimum atomic E-state index is -0.153. The highest BCUT2D eigenvalue weighted by atomic mass is 16.3. The summed E-state index contributed by atoms with van der Waals surface area (Å²) in [5.74, 6) is 0. The highest BCUT2D eigenvalue weighted by Crippen LogP contribution is 2.53. The Bertz CT molecular complexity index is 147. The summed E-state index contributed by atoms with van der Waals surface area (Å²) in [6.45, 7) is 8.72. The molecule has 0 aliphatic heterocycles. The molecule has 0 saturated heterocycles. The zero-order valence-electron chi connectivity index (χ0n) is 8.85. The van der Waals surface area contributed by atoms with Crippen LogP contribution in [0.5, 0.6) is 0 Å². The molecule has 1 heteroatoms. The molecule has 0 aromatic carbocycles. The Morgan fingerprint density at radius 3 is 1.75 bits per heavy atom. The van der Waals surface area contributed by atoms with Crippen molar-refractivity contribution in [1.82, 2.24) is 0 Å². The fourth-order valence-electron chi connectivity index (χ4n) is 2.80. The molecule has 12 heavy (non-hydrogen) atoms. The summed E-state index contributed by atoms with van der Waals surface area (Å²) in [7, 11) is 0. The third kappa shape index (κ3) is 1.39. The van der Waals surface area contributed by atoms with Crippen LogP contribution in [-0.2, 0) is 0 Å². The van der Waals surface area contributed by atoms with E-state index in [1.165, 1.54) is 25.7 Å². The van der Waals surface area contributed by atoms with E-state index in [4.69, 9.17) is 0 Å². The van der Waals surface area contributed by atoms with Gasteiger partial charge in [-0.15, -0.1) is 0 Å². The summed E-state index contributed by atoms with van der Waals surface area (Å²) < 4.78 is 0. The van der Waals surface area contributed by atoms with Gasteiger partial charge < -0.3 is 5.11 Å². The quantitative estimate of drug-likeness (QED) is 0.641. The monoisotopic (exact) mass is 170 g/mol. The topological polar surface area (TPSA) is 20.2 Å². The van der Waals surface area contributed by atoms with Crippen LogP contribution in [0, 0.1) is 10.8 Å².